The van der Waals surface area contributed by atoms with Crippen molar-refractivity contribution in [2.24, 2.45) is 0 Å². The number of rotatable bonds is 2. The van der Waals surface area contributed by atoms with Gasteiger partial charge in [-0.1, -0.05) is 15.9 Å². The standard InChI is InChI=1S/C11H12BrF3O2/c1-6(2)17-10(16)8-4-3-7(12)5-9(8)11(13,14)15/h5-6H,3-4H2,1-2H3. The Morgan fingerprint density at radius 3 is 2.47 bits per heavy atom. The number of allylic oxidation sites excluding steroid dienone is 3. The van der Waals surface area contributed by atoms with Crippen LogP contribution in [0, 0.1) is 0 Å². The summed E-state index contributed by atoms with van der Waals surface area (Å²) >= 11 is 3.02. The number of ether oxygens (including phenoxy) is 1. The van der Waals surface area contributed by atoms with E-state index in [1.165, 1.54) is 0 Å². The molecule has 0 spiro atoms. The number of esters is 1. The third kappa shape index (κ3) is 3.87. The van der Waals surface area contributed by atoms with Crippen LogP contribution in [0.5, 0.6) is 0 Å². The zero-order chi connectivity index (χ0) is 13.2. The third-order valence-electron chi connectivity index (χ3n) is 2.13. The normalized spacial score (nSPS) is 17.2. The van der Waals surface area contributed by atoms with Gasteiger partial charge in [-0.2, -0.15) is 13.2 Å². The highest BCUT2D eigenvalue weighted by Crippen LogP contribution is 2.37. The van der Waals surface area contributed by atoms with Crippen LogP contribution in [0.3, 0.4) is 0 Å². The molecular formula is C11H12BrF3O2. The van der Waals surface area contributed by atoms with Crippen molar-refractivity contribution in [1.82, 2.24) is 0 Å². The second kappa shape index (κ2) is 5.25. The lowest BCUT2D eigenvalue weighted by Gasteiger charge is -2.19. The van der Waals surface area contributed by atoms with Crippen molar-refractivity contribution in [1.29, 1.82) is 0 Å². The molecule has 6 heteroatoms. The molecule has 0 fully saturated rings. The first-order valence-electron chi connectivity index (χ1n) is 5.09. The van der Waals surface area contributed by atoms with E-state index < -0.39 is 23.8 Å². The summed E-state index contributed by atoms with van der Waals surface area (Å²) in [4.78, 5) is 11.5. The van der Waals surface area contributed by atoms with E-state index in [1.807, 2.05) is 0 Å². The van der Waals surface area contributed by atoms with Crippen LogP contribution in [0.15, 0.2) is 21.7 Å². The van der Waals surface area contributed by atoms with Crippen molar-refractivity contribution >= 4 is 21.9 Å². The van der Waals surface area contributed by atoms with E-state index in [0.29, 0.717) is 10.9 Å². The maximum atomic E-state index is 12.7. The highest BCUT2D eigenvalue weighted by molar-refractivity contribution is 9.11. The molecule has 0 N–H and O–H groups in total. The van der Waals surface area contributed by atoms with E-state index in [2.05, 4.69) is 15.9 Å². The summed E-state index contributed by atoms with van der Waals surface area (Å²) < 4.78 is 43.4. The summed E-state index contributed by atoms with van der Waals surface area (Å²) in [7, 11) is 0. The van der Waals surface area contributed by atoms with Crippen LogP contribution < -0.4 is 0 Å². The lowest BCUT2D eigenvalue weighted by atomic mass is 9.97. The van der Waals surface area contributed by atoms with Crippen molar-refractivity contribution in [3.63, 3.8) is 0 Å². The van der Waals surface area contributed by atoms with Gasteiger partial charge in [-0.05, 0) is 37.2 Å². The molecular weight excluding hydrogens is 301 g/mol. The van der Waals surface area contributed by atoms with E-state index in [-0.39, 0.29) is 12.0 Å². The quantitative estimate of drug-likeness (QED) is 0.724. The summed E-state index contributed by atoms with van der Waals surface area (Å²) in [5.41, 5.74) is -1.21. The first kappa shape index (κ1) is 14.3. The molecule has 0 atom stereocenters. The Balaban J connectivity index is 3.10. The fourth-order valence-electron chi connectivity index (χ4n) is 1.45. The van der Waals surface area contributed by atoms with E-state index in [9.17, 15) is 18.0 Å². The molecule has 0 radical (unpaired) electrons. The molecule has 1 aliphatic rings. The van der Waals surface area contributed by atoms with E-state index >= 15 is 0 Å². The maximum absolute atomic E-state index is 12.7. The van der Waals surface area contributed by atoms with Crippen molar-refractivity contribution < 1.29 is 22.7 Å². The van der Waals surface area contributed by atoms with Gasteiger partial charge in [0.15, 0.2) is 0 Å². The average molecular weight is 313 g/mol. The lowest BCUT2D eigenvalue weighted by Crippen LogP contribution is -2.22. The molecule has 0 aromatic carbocycles. The molecule has 0 saturated heterocycles. The van der Waals surface area contributed by atoms with Crippen molar-refractivity contribution in [3.8, 4) is 0 Å². The van der Waals surface area contributed by atoms with E-state index in [0.717, 1.165) is 6.08 Å². The zero-order valence-corrected chi connectivity index (χ0v) is 11.0. The number of alkyl halides is 3. The minimum Gasteiger partial charge on any atom is -0.460 e. The van der Waals surface area contributed by atoms with Gasteiger partial charge in [-0.25, -0.2) is 4.79 Å². The highest BCUT2D eigenvalue weighted by Gasteiger charge is 2.38. The van der Waals surface area contributed by atoms with Crippen LogP contribution in [0.4, 0.5) is 13.2 Å². The number of carbonyl (C=O) groups excluding carboxylic acids is 1. The predicted molar refractivity (Wildman–Crippen MR) is 60.6 cm³/mol. The third-order valence-corrected chi connectivity index (χ3v) is 2.76. The van der Waals surface area contributed by atoms with Gasteiger partial charge in [-0.3, -0.25) is 0 Å². The van der Waals surface area contributed by atoms with Crippen LogP contribution in [-0.2, 0) is 9.53 Å². The number of hydrogen-bond donors (Lipinski definition) is 0. The minimum absolute atomic E-state index is 0.0392. The molecule has 0 heterocycles. The van der Waals surface area contributed by atoms with Crippen molar-refractivity contribution in [2.45, 2.75) is 39.0 Å². The SMILES string of the molecule is CC(C)OC(=O)C1=C(C(F)(F)F)C=C(Br)CC1. The first-order valence-corrected chi connectivity index (χ1v) is 5.88. The average Bonchev–Trinajstić information content (AvgIpc) is 2.14. The molecule has 0 aromatic heterocycles. The Labute approximate surface area is 106 Å². The second-order valence-corrected chi connectivity index (χ2v) is 4.95. The van der Waals surface area contributed by atoms with Crippen molar-refractivity contribution in [3.05, 3.63) is 21.7 Å². The Morgan fingerprint density at radius 2 is 2.00 bits per heavy atom. The molecule has 0 saturated carbocycles. The predicted octanol–water partition coefficient (Wildman–Crippen LogP) is 3.87. The van der Waals surface area contributed by atoms with E-state index in [1.54, 1.807) is 13.8 Å². The maximum Gasteiger partial charge on any atom is 0.416 e. The lowest BCUT2D eigenvalue weighted by molar-refractivity contribution is -0.144. The molecule has 1 rings (SSSR count). The van der Waals surface area contributed by atoms with Crippen LogP contribution in [0.1, 0.15) is 26.7 Å². The van der Waals surface area contributed by atoms with Crippen LogP contribution in [0.25, 0.3) is 0 Å². The fraction of sp³-hybridized carbons (Fsp3) is 0.545. The van der Waals surface area contributed by atoms with Crippen LogP contribution >= 0.6 is 15.9 Å². The number of carbonyl (C=O) groups is 1. The van der Waals surface area contributed by atoms with Gasteiger partial charge in [0.05, 0.1) is 11.7 Å². The largest absolute Gasteiger partial charge is 0.460 e. The van der Waals surface area contributed by atoms with Crippen molar-refractivity contribution in [2.75, 3.05) is 0 Å². The molecule has 17 heavy (non-hydrogen) atoms. The Bertz CT molecular complexity index is 381. The number of hydrogen-bond acceptors (Lipinski definition) is 2. The molecule has 2 nitrogen and oxygen atoms in total. The van der Waals surface area contributed by atoms with Crippen LogP contribution in [-0.4, -0.2) is 18.2 Å². The van der Waals surface area contributed by atoms with Gasteiger partial charge >= 0.3 is 12.1 Å². The van der Waals surface area contributed by atoms with Gasteiger partial charge in [0.1, 0.15) is 0 Å². The molecule has 0 amide bonds. The van der Waals surface area contributed by atoms with Gasteiger partial charge in [0.2, 0.25) is 0 Å². The second-order valence-electron chi connectivity index (χ2n) is 3.94. The summed E-state index contributed by atoms with van der Waals surface area (Å²) in [5.74, 6) is -0.886. The monoisotopic (exact) mass is 312 g/mol. The first-order chi connectivity index (χ1) is 7.71. The molecule has 0 aliphatic heterocycles. The van der Waals surface area contributed by atoms with Crippen LogP contribution in [0.2, 0.25) is 0 Å². The highest BCUT2D eigenvalue weighted by atomic mass is 79.9. The molecule has 1 aliphatic carbocycles. The van der Waals surface area contributed by atoms with Gasteiger partial charge in [0, 0.05) is 5.57 Å². The summed E-state index contributed by atoms with van der Waals surface area (Å²) in [6.07, 6.45) is -3.61. The summed E-state index contributed by atoms with van der Waals surface area (Å²) in [6, 6.07) is 0. The summed E-state index contributed by atoms with van der Waals surface area (Å²) in [6.45, 7) is 3.20. The number of halogens is 4. The Morgan fingerprint density at radius 1 is 1.41 bits per heavy atom. The topological polar surface area (TPSA) is 26.3 Å². The Kier molecular flexibility index (Phi) is 4.41. The van der Waals surface area contributed by atoms with E-state index in [4.69, 9.17) is 4.74 Å². The molecule has 0 bridgehead atoms. The minimum atomic E-state index is -4.54. The molecule has 0 aromatic rings. The van der Waals surface area contributed by atoms with Gasteiger partial charge in [0.25, 0.3) is 0 Å². The smallest absolute Gasteiger partial charge is 0.416 e. The zero-order valence-electron chi connectivity index (χ0n) is 9.40. The summed E-state index contributed by atoms with van der Waals surface area (Å²) in [5, 5.41) is 0. The molecule has 0 unspecified atom stereocenters. The Hall–Kier alpha value is -0.780. The fourth-order valence-corrected chi connectivity index (χ4v) is 1.87. The van der Waals surface area contributed by atoms with Gasteiger partial charge < -0.3 is 4.74 Å². The molecule has 96 valence electrons. The van der Waals surface area contributed by atoms with Gasteiger partial charge in [-0.15, -0.1) is 0 Å².